The minimum Gasteiger partial charge on any atom is -0.460 e. The van der Waals surface area contributed by atoms with Crippen molar-refractivity contribution in [2.45, 2.75) is 39.7 Å². The van der Waals surface area contributed by atoms with Crippen molar-refractivity contribution >= 4 is 11.8 Å². The maximum atomic E-state index is 11.2. The molecule has 0 bridgehead atoms. The Bertz CT molecular complexity index is 270. The molecule has 78 valence electrons. The van der Waals surface area contributed by atoms with Crippen LogP contribution in [0, 0.1) is 17.2 Å². The number of nitriles is 1. The van der Waals surface area contributed by atoms with Crippen LogP contribution in [0.4, 0.5) is 0 Å². The van der Waals surface area contributed by atoms with Gasteiger partial charge in [0, 0.05) is 5.92 Å². The highest BCUT2D eigenvalue weighted by Crippen LogP contribution is 2.11. The van der Waals surface area contributed by atoms with Crippen LogP contribution in [-0.4, -0.2) is 17.4 Å². The Labute approximate surface area is 83.9 Å². The van der Waals surface area contributed by atoms with E-state index in [-0.39, 0.29) is 6.42 Å². The highest BCUT2D eigenvalue weighted by Gasteiger charge is 2.21. The molecular weight excluding hydrogens is 182 g/mol. The van der Waals surface area contributed by atoms with Gasteiger partial charge >= 0.3 is 5.97 Å². The molecular formula is C10H15NO3. The summed E-state index contributed by atoms with van der Waals surface area (Å²) in [6.07, 6.45) is -0.0380. The summed E-state index contributed by atoms with van der Waals surface area (Å²) in [5.74, 6) is -1.63. The van der Waals surface area contributed by atoms with Crippen molar-refractivity contribution in [3.63, 3.8) is 0 Å². The SMILES string of the molecule is C[C@H](CC(=O)OC(C)(C)C)C(=O)C#N. The lowest BCUT2D eigenvalue weighted by Gasteiger charge is -2.20. The van der Waals surface area contributed by atoms with E-state index in [4.69, 9.17) is 10.00 Å². The summed E-state index contributed by atoms with van der Waals surface area (Å²) < 4.78 is 5.00. The number of Topliss-reactive ketones (excluding diaryl/α,β-unsaturated/α-hetero) is 1. The maximum Gasteiger partial charge on any atom is 0.307 e. The van der Waals surface area contributed by atoms with Gasteiger partial charge in [-0.05, 0) is 20.8 Å². The second-order valence-corrected chi connectivity index (χ2v) is 4.17. The van der Waals surface area contributed by atoms with Gasteiger partial charge in [-0.15, -0.1) is 0 Å². The molecule has 4 heteroatoms. The van der Waals surface area contributed by atoms with Gasteiger partial charge in [-0.1, -0.05) is 6.92 Å². The van der Waals surface area contributed by atoms with E-state index in [1.807, 2.05) is 0 Å². The van der Waals surface area contributed by atoms with Crippen molar-refractivity contribution in [2.24, 2.45) is 5.92 Å². The van der Waals surface area contributed by atoms with E-state index in [0.717, 1.165) is 0 Å². The van der Waals surface area contributed by atoms with Crippen molar-refractivity contribution in [3.05, 3.63) is 0 Å². The van der Waals surface area contributed by atoms with Gasteiger partial charge in [0.1, 0.15) is 11.7 Å². The molecule has 14 heavy (non-hydrogen) atoms. The van der Waals surface area contributed by atoms with Crippen LogP contribution in [0.1, 0.15) is 34.1 Å². The number of rotatable bonds is 3. The van der Waals surface area contributed by atoms with Crippen LogP contribution >= 0.6 is 0 Å². The quantitative estimate of drug-likeness (QED) is 0.507. The fourth-order valence-corrected chi connectivity index (χ4v) is 0.836. The number of ether oxygens (including phenoxy) is 1. The molecule has 0 radical (unpaired) electrons. The monoisotopic (exact) mass is 197 g/mol. The summed E-state index contributed by atoms with van der Waals surface area (Å²) in [5.41, 5.74) is -0.549. The first-order valence-electron chi connectivity index (χ1n) is 4.42. The molecule has 0 fully saturated rings. The fraction of sp³-hybridized carbons (Fsp3) is 0.700. The van der Waals surface area contributed by atoms with Crippen LogP contribution < -0.4 is 0 Å². The molecule has 0 spiro atoms. The smallest absolute Gasteiger partial charge is 0.307 e. The lowest BCUT2D eigenvalue weighted by molar-refractivity contribution is -0.156. The summed E-state index contributed by atoms with van der Waals surface area (Å²) in [6.45, 7) is 6.79. The molecule has 0 aliphatic carbocycles. The molecule has 0 aliphatic heterocycles. The number of hydrogen-bond donors (Lipinski definition) is 0. The molecule has 4 nitrogen and oxygen atoms in total. The molecule has 0 aromatic carbocycles. The Balaban J connectivity index is 4.09. The predicted octanol–water partition coefficient (Wildman–Crippen LogP) is 1.45. The Morgan fingerprint density at radius 2 is 1.93 bits per heavy atom. The molecule has 0 N–H and O–H groups in total. The topological polar surface area (TPSA) is 67.2 Å². The molecule has 0 aliphatic rings. The zero-order valence-corrected chi connectivity index (χ0v) is 8.96. The van der Waals surface area contributed by atoms with Gasteiger partial charge in [-0.25, -0.2) is 0 Å². The van der Waals surface area contributed by atoms with E-state index >= 15 is 0 Å². The van der Waals surface area contributed by atoms with Gasteiger partial charge in [-0.3, -0.25) is 9.59 Å². The Morgan fingerprint density at radius 1 is 1.43 bits per heavy atom. The van der Waals surface area contributed by atoms with Gasteiger partial charge in [0.25, 0.3) is 0 Å². The third-order valence-corrected chi connectivity index (χ3v) is 1.45. The lowest BCUT2D eigenvalue weighted by atomic mass is 10.0. The second kappa shape index (κ2) is 4.75. The first-order chi connectivity index (χ1) is 6.26. The number of carbonyl (C=O) groups is 2. The Morgan fingerprint density at radius 3 is 2.29 bits per heavy atom. The highest BCUT2D eigenvalue weighted by molar-refractivity contribution is 5.96. The van der Waals surface area contributed by atoms with Gasteiger partial charge in [0.15, 0.2) is 0 Å². The van der Waals surface area contributed by atoms with Crippen molar-refractivity contribution < 1.29 is 14.3 Å². The predicted molar refractivity (Wildman–Crippen MR) is 50.2 cm³/mol. The number of hydrogen-bond acceptors (Lipinski definition) is 4. The molecule has 0 saturated carbocycles. The first kappa shape index (κ1) is 12.6. The van der Waals surface area contributed by atoms with Crippen molar-refractivity contribution in [3.8, 4) is 6.07 Å². The van der Waals surface area contributed by atoms with E-state index in [9.17, 15) is 9.59 Å². The molecule has 0 rings (SSSR count). The van der Waals surface area contributed by atoms with E-state index in [1.54, 1.807) is 20.8 Å². The summed E-state index contributed by atoms with van der Waals surface area (Å²) in [5, 5.41) is 8.30. The zero-order valence-electron chi connectivity index (χ0n) is 8.96. The fourth-order valence-electron chi connectivity index (χ4n) is 0.836. The first-order valence-corrected chi connectivity index (χ1v) is 4.42. The zero-order chi connectivity index (χ0) is 11.4. The minimum absolute atomic E-state index is 0.0380. The van der Waals surface area contributed by atoms with Gasteiger partial charge < -0.3 is 4.74 Å². The number of ketones is 1. The Hall–Kier alpha value is -1.37. The van der Waals surface area contributed by atoms with Crippen molar-refractivity contribution in [1.82, 2.24) is 0 Å². The number of esters is 1. The maximum absolute atomic E-state index is 11.2. The van der Waals surface area contributed by atoms with Crippen LogP contribution in [0.3, 0.4) is 0 Å². The van der Waals surface area contributed by atoms with Crippen LogP contribution in [0.15, 0.2) is 0 Å². The normalized spacial score (nSPS) is 12.8. The summed E-state index contributed by atoms with van der Waals surface area (Å²) >= 11 is 0. The minimum atomic E-state index is -0.588. The standard InChI is InChI=1S/C10H15NO3/c1-7(8(12)6-11)5-9(13)14-10(2,3)4/h7H,5H2,1-4H3/t7-/m1/s1. The number of nitrogens with zero attached hydrogens (tertiary/aromatic N) is 1. The largest absolute Gasteiger partial charge is 0.460 e. The average Bonchev–Trinajstić information content (AvgIpc) is 1.99. The molecule has 0 aromatic heterocycles. The van der Waals surface area contributed by atoms with Gasteiger partial charge in [0.05, 0.1) is 6.42 Å². The molecule has 0 heterocycles. The molecule has 0 saturated heterocycles. The van der Waals surface area contributed by atoms with Crippen molar-refractivity contribution in [2.75, 3.05) is 0 Å². The van der Waals surface area contributed by atoms with Gasteiger partial charge in [0.2, 0.25) is 5.78 Å². The van der Waals surface area contributed by atoms with Crippen LogP contribution in [0.25, 0.3) is 0 Å². The summed E-state index contributed by atoms with van der Waals surface area (Å²) in [4.78, 5) is 22.0. The van der Waals surface area contributed by atoms with E-state index in [0.29, 0.717) is 0 Å². The second-order valence-electron chi connectivity index (χ2n) is 4.17. The summed E-state index contributed by atoms with van der Waals surface area (Å²) in [6, 6.07) is 1.49. The molecule has 0 aromatic rings. The van der Waals surface area contributed by atoms with E-state index in [2.05, 4.69) is 0 Å². The molecule has 0 amide bonds. The van der Waals surface area contributed by atoms with Crippen LogP contribution in [-0.2, 0) is 14.3 Å². The Kier molecular flexibility index (Phi) is 4.29. The van der Waals surface area contributed by atoms with Crippen LogP contribution in [0.5, 0.6) is 0 Å². The van der Waals surface area contributed by atoms with Crippen molar-refractivity contribution in [1.29, 1.82) is 5.26 Å². The highest BCUT2D eigenvalue weighted by atomic mass is 16.6. The third kappa shape index (κ3) is 5.31. The van der Waals surface area contributed by atoms with Gasteiger partial charge in [-0.2, -0.15) is 5.26 Å². The molecule has 1 atom stereocenters. The third-order valence-electron chi connectivity index (χ3n) is 1.45. The molecule has 0 unspecified atom stereocenters. The summed E-state index contributed by atoms with van der Waals surface area (Å²) in [7, 11) is 0. The van der Waals surface area contributed by atoms with Crippen LogP contribution in [0.2, 0.25) is 0 Å². The average molecular weight is 197 g/mol. The lowest BCUT2D eigenvalue weighted by Crippen LogP contribution is -2.26. The number of carbonyl (C=O) groups excluding carboxylic acids is 2. The van der Waals surface area contributed by atoms with E-state index in [1.165, 1.54) is 13.0 Å². The van der Waals surface area contributed by atoms with E-state index < -0.39 is 23.3 Å².